The van der Waals surface area contributed by atoms with Crippen molar-refractivity contribution in [2.75, 3.05) is 6.61 Å². The van der Waals surface area contributed by atoms with E-state index < -0.39 is 5.60 Å². The molecule has 1 N–H and O–H groups in total. The maximum absolute atomic E-state index is 9.48. The normalized spacial score (nSPS) is 41.8. The van der Waals surface area contributed by atoms with E-state index >= 15 is 0 Å². The first-order chi connectivity index (χ1) is 4.19. The summed E-state index contributed by atoms with van der Waals surface area (Å²) in [4.78, 5) is 0. The summed E-state index contributed by atoms with van der Waals surface area (Å²) in [5.41, 5.74) is -0.609. The number of hydrogen-bond acceptors (Lipinski definition) is 2. The molecule has 2 unspecified atom stereocenters. The molecule has 0 radical (unpaired) electrons. The van der Waals surface area contributed by atoms with Crippen LogP contribution in [0.2, 0.25) is 0 Å². The van der Waals surface area contributed by atoms with Crippen LogP contribution in [0.15, 0.2) is 12.7 Å². The Morgan fingerprint density at radius 2 is 2.67 bits per heavy atom. The number of ether oxygens (including phenoxy) is 1. The summed E-state index contributed by atoms with van der Waals surface area (Å²) in [7, 11) is 0. The van der Waals surface area contributed by atoms with E-state index in [0.717, 1.165) is 0 Å². The van der Waals surface area contributed by atoms with E-state index in [2.05, 4.69) is 6.58 Å². The Morgan fingerprint density at radius 3 is 2.78 bits per heavy atom. The molecule has 0 aromatic heterocycles. The molecule has 0 amide bonds. The topological polar surface area (TPSA) is 29.5 Å². The fraction of sp³-hybridized carbons (Fsp3) is 0.714. The van der Waals surface area contributed by atoms with Gasteiger partial charge < -0.3 is 9.84 Å². The van der Waals surface area contributed by atoms with Crippen LogP contribution in [0.1, 0.15) is 13.3 Å². The highest BCUT2D eigenvalue weighted by Crippen LogP contribution is 2.28. The molecule has 2 heteroatoms. The Hall–Kier alpha value is -0.340. The lowest BCUT2D eigenvalue weighted by Crippen LogP contribution is -2.56. The van der Waals surface area contributed by atoms with E-state index in [4.69, 9.17) is 4.74 Å². The van der Waals surface area contributed by atoms with E-state index in [-0.39, 0.29) is 6.10 Å². The van der Waals surface area contributed by atoms with Crippen molar-refractivity contribution in [1.29, 1.82) is 0 Å². The first-order valence-corrected chi connectivity index (χ1v) is 3.14. The Balaban J connectivity index is 2.43. The van der Waals surface area contributed by atoms with Crippen molar-refractivity contribution in [2.45, 2.75) is 25.0 Å². The van der Waals surface area contributed by atoms with Gasteiger partial charge in [-0.15, -0.1) is 6.58 Å². The van der Waals surface area contributed by atoms with Gasteiger partial charge in [0.2, 0.25) is 0 Å². The highest BCUT2D eigenvalue weighted by molar-refractivity contribution is 4.97. The summed E-state index contributed by atoms with van der Waals surface area (Å²) in [5.74, 6) is 0. The minimum absolute atomic E-state index is 0.0181. The minimum atomic E-state index is -0.609. The van der Waals surface area contributed by atoms with E-state index in [0.29, 0.717) is 13.0 Å². The molecule has 1 saturated heterocycles. The summed E-state index contributed by atoms with van der Waals surface area (Å²) in [6.45, 7) is 5.87. The molecule has 9 heavy (non-hydrogen) atoms. The number of aliphatic hydroxyl groups is 1. The van der Waals surface area contributed by atoms with E-state index in [1.54, 1.807) is 6.08 Å². The number of hydrogen-bond donors (Lipinski definition) is 1. The molecule has 1 rings (SSSR count). The zero-order valence-electron chi connectivity index (χ0n) is 5.63. The predicted octanol–water partition coefficient (Wildman–Crippen LogP) is 0.712. The summed E-state index contributed by atoms with van der Waals surface area (Å²) in [6.07, 6.45) is 2.34. The van der Waals surface area contributed by atoms with Gasteiger partial charge in [0.25, 0.3) is 0 Å². The third kappa shape index (κ3) is 1.00. The summed E-state index contributed by atoms with van der Waals surface area (Å²) in [6, 6.07) is 0. The monoisotopic (exact) mass is 128 g/mol. The molecule has 0 bridgehead atoms. The molecule has 1 aliphatic heterocycles. The van der Waals surface area contributed by atoms with Crippen LogP contribution in [0.3, 0.4) is 0 Å². The van der Waals surface area contributed by atoms with Gasteiger partial charge >= 0.3 is 0 Å². The van der Waals surface area contributed by atoms with Crippen molar-refractivity contribution in [3.8, 4) is 0 Å². The van der Waals surface area contributed by atoms with E-state index in [9.17, 15) is 5.11 Å². The molecule has 2 atom stereocenters. The molecule has 0 aromatic rings. The molecule has 1 aliphatic rings. The maximum Gasteiger partial charge on any atom is 0.117 e. The average molecular weight is 128 g/mol. The molecule has 1 fully saturated rings. The molecule has 0 aromatic carbocycles. The summed E-state index contributed by atoms with van der Waals surface area (Å²) in [5, 5.41) is 9.48. The molecular weight excluding hydrogens is 116 g/mol. The van der Waals surface area contributed by atoms with Crippen molar-refractivity contribution < 1.29 is 9.84 Å². The lowest BCUT2D eigenvalue weighted by atomic mass is 9.90. The number of rotatable bonds is 2. The highest BCUT2D eigenvalue weighted by Gasteiger charge is 2.42. The van der Waals surface area contributed by atoms with Gasteiger partial charge in [-0.1, -0.05) is 6.08 Å². The summed E-state index contributed by atoms with van der Waals surface area (Å²) >= 11 is 0. The lowest BCUT2D eigenvalue weighted by molar-refractivity contribution is -0.227. The maximum atomic E-state index is 9.48. The third-order valence-electron chi connectivity index (χ3n) is 1.84. The molecule has 1 heterocycles. The Kier molecular flexibility index (Phi) is 1.60. The lowest BCUT2D eigenvalue weighted by Gasteiger charge is -2.42. The van der Waals surface area contributed by atoms with Crippen LogP contribution >= 0.6 is 0 Å². The molecule has 0 spiro atoms. The van der Waals surface area contributed by atoms with Crippen LogP contribution in [0, 0.1) is 0 Å². The fourth-order valence-corrected chi connectivity index (χ4v) is 0.917. The smallest absolute Gasteiger partial charge is 0.117 e. The van der Waals surface area contributed by atoms with E-state index in [1.807, 2.05) is 6.92 Å². The van der Waals surface area contributed by atoms with Gasteiger partial charge in [0, 0.05) is 0 Å². The molecule has 52 valence electrons. The fourth-order valence-electron chi connectivity index (χ4n) is 0.917. The van der Waals surface area contributed by atoms with E-state index in [1.165, 1.54) is 0 Å². The van der Waals surface area contributed by atoms with Gasteiger partial charge in [-0.25, -0.2) is 0 Å². The van der Waals surface area contributed by atoms with Crippen LogP contribution in [-0.2, 0) is 4.74 Å². The van der Waals surface area contributed by atoms with Crippen molar-refractivity contribution in [3.63, 3.8) is 0 Å². The Labute approximate surface area is 55.1 Å². The zero-order valence-corrected chi connectivity index (χ0v) is 5.63. The van der Waals surface area contributed by atoms with Crippen molar-refractivity contribution >= 4 is 0 Å². The Bertz CT molecular complexity index is 122. The second kappa shape index (κ2) is 2.12. The van der Waals surface area contributed by atoms with Gasteiger partial charge in [0.05, 0.1) is 12.7 Å². The zero-order chi connectivity index (χ0) is 6.91. The van der Waals surface area contributed by atoms with Gasteiger partial charge in [-0.2, -0.15) is 0 Å². The van der Waals surface area contributed by atoms with Crippen molar-refractivity contribution in [2.24, 2.45) is 0 Å². The van der Waals surface area contributed by atoms with Gasteiger partial charge in [0.15, 0.2) is 0 Å². The second-order valence-corrected chi connectivity index (χ2v) is 2.55. The predicted molar refractivity (Wildman–Crippen MR) is 35.2 cm³/mol. The van der Waals surface area contributed by atoms with Gasteiger partial charge in [0.1, 0.15) is 5.60 Å². The first kappa shape index (κ1) is 6.78. The SMILES string of the molecule is C=CCC1(O)COC1C. The van der Waals surface area contributed by atoms with Crippen LogP contribution in [0.4, 0.5) is 0 Å². The molecule has 0 aliphatic carbocycles. The highest BCUT2D eigenvalue weighted by atomic mass is 16.6. The molecule has 0 saturated carbocycles. The van der Waals surface area contributed by atoms with Gasteiger partial charge in [-0.3, -0.25) is 0 Å². The Morgan fingerprint density at radius 1 is 2.00 bits per heavy atom. The minimum Gasteiger partial charge on any atom is -0.384 e. The average Bonchev–Trinajstić information content (AvgIpc) is 1.86. The van der Waals surface area contributed by atoms with Crippen molar-refractivity contribution in [1.82, 2.24) is 0 Å². The quantitative estimate of drug-likeness (QED) is 0.555. The van der Waals surface area contributed by atoms with Crippen LogP contribution in [0.25, 0.3) is 0 Å². The molecule has 2 nitrogen and oxygen atoms in total. The van der Waals surface area contributed by atoms with Crippen LogP contribution in [0.5, 0.6) is 0 Å². The van der Waals surface area contributed by atoms with Gasteiger partial charge in [-0.05, 0) is 13.3 Å². The van der Waals surface area contributed by atoms with Crippen LogP contribution in [-0.4, -0.2) is 23.4 Å². The molecular formula is C7H12O2. The van der Waals surface area contributed by atoms with Crippen molar-refractivity contribution in [3.05, 3.63) is 12.7 Å². The third-order valence-corrected chi connectivity index (χ3v) is 1.84. The van der Waals surface area contributed by atoms with Crippen LogP contribution < -0.4 is 0 Å². The summed E-state index contributed by atoms with van der Waals surface area (Å²) < 4.78 is 5.00. The largest absolute Gasteiger partial charge is 0.384 e. The first-order valence-electron chi connectivity index (χ1n) is 3.14. The second-order valence-electron chi connectivity index (χ2n) is 2.55. The standard InChI is InChI=1S/C7H12O2/c1-3-4-7(8)5-9-6(7)2/h3,6,8H,1,4-5H2,2H3.